The highest BCUT2D eigenvalue weighted by atomic mass is 19.1. The quantitative estimate of drug-likeness (QED) is 0.873. The molecule has 1 heterocycles. The van der Waals surface area contributed by atoms with Crippen LogP contribution in [0.25, 0.3) is 0 Å². The molecule has 0 aliphatic heterocycles. The molecule has 0 aliphatic rings. The smallest absolute Gasteiger partial charge is 0.159 e. The molecule has 0 spiro atoms. The molecule has 2 rings (SSSR count). The topological polar surface area (TPSA) is 46.9 Å². The van der Waals surface area contributed by atoms with Crippen molar-refractivity contribution >= 4 is 11.5 Å². The van der Waals surface area contributed by atoms with Crippen LogP contribution in [-0.2, 0) is 13.6 Å². The van der Waals surface area contributed by atoms with E-state index in [0.717, 1.165) is 17.0 Å². The predicted molar refractivity (Wildman–Crippen MR) is 76.4 cm³/mol. The van der Waals surface area contributed by atoms with Crippen molar-refractivity contribution < 1.29 is 9.18 Å². The molecule has 1 N–H and O–H groups in total. The van der Waals surface area contributed by atoms with Gasteiger partial charge in [-0.25, -0.2) is 4.39 Å². The molecule has 0 unspecified atom stereocenters. The molecule has 2 aromatic rings. The fourth-order valence-electron chi connectivity index (χ4n) is 2.16. The van der Waals surface area contributed by atoms with E-state index in [1.54, 1.807) is 6.07 Å². The van der Waals surface area contributed by atoms with Crippen LogP contribution in [-0.4, -0.2) is 15.6 Å². The summed E-state index contributed by atoms with van der Waals surface area (Å²) < 4.78 is 15.3. The van der Waals surface area contributed by atoms with Crippen molar-refractivity contribution in [2.75, 3.05) is 5.32 Å². The minimum absolute atomic E-state index is 0.152. The summed E-state index contributed by atoms with van der Waals surface area (Å²) in [5.74, 6) is -0.568. The first-order valence-corrected chi connectivity index (χ1v) is 6.43. The second kappa shape index (κ2) is 5.45. The van der Waals surface area contributed by atoms with Gasteiger partial charge in [-0.2, -0.15) is 5.10 Å². The second-order valence-electron chi connectivity index (χ2n) is 4.91. The average Bonchev–Trinajstić information content (AvgIpc) is 2.60. The summed E-state index contributed by atoms with van der Waals surface area (Å²) >= 11 is 0. The number of aromatic nitrogens is 2. The highest BCUT2D eigenvalue weighted by Crippen LogP contribution is 2.18. The SMILES string of the molecule is CC(=O)c1cc(F)cc(NCc2c(C)nn(C)c2C)c1. The lowest BCUT2D eigenvalue weighted by Crippen LogP contribution is -2.04. The van der Waals surface area contributed by atoms with E-state index in [1.807, 2.05) is 25.6 Å². The second-order valence-corrected chi connectivity index (χ2v) is 4.91. The lowest BCUT2D eigenvalue weighted by Gasteiger charge is -2.08. The van der Waals surface area contributed by atoms with E-state index in [1.165, 1.54) is 19.1 Å². The first kappa shape index (κ1) is 14.2. The first-order chi connectivity index (χ1) is 9.38. The van der Waals surface area contributed by atoms with Gasteiger partial charge in [0.25, 0.3) is 0 Å². The summed E-state index contributed by atoms with van der Waals surface area (Å²) in [6, 6.07) is 4.29. The number of nitrogens with one attached hydrogen (secondary N) is 1. The summed E-state index contributed by atoms with van der Waals surface area (Å²) in [5, 5.41) is 7.48. The zero-order valence-corrected chi connectivity index (χ0v) is 12.1. The molecular formula is C15H18FN3O. The van der Waals surface area contributed by atoms with Gasteiger partial charge >= 0.3 is 0 Å². The average molecular weight is 275 g/mol. The molecule has 0 saturated carbocycles. The van der Waals surface area contributed by atoms with Gasteiger partial charge in [-0.05, 0) is 39.0 Å². The van der Waals surface area contributed by atoms with E-state index in [9.17, 15) is 9.18 Å². The molecule has 0 atom stereocenters. The molecule has 0 amide bonds. The minimum Gasteiger partial charge on any atom is -0.381 e. The van der Waals surface area contributed by atoms with Crippen LogP contribution in [0.1, 0.15) is 34.2 Å². The Labute approximate surface area is 117 Å². The molecule has 20 heavy (non-hydrogen) atoms. The molecule has 0 aliphatic carbocycles. The van der Waals surface area contributed by atoms with Crippen molar-refractivity contribution in [3.63, 3.8) is 0 Å². The van der Waals surface area contributed by atoms with Crippen LogP contribution >= 0.6 is 0 Å². The maximum Gasteiger partial charge on any atom is 0.159 e. The van der Waals surface area contributed by atoms with Crippen LogP contribution in [0.3, 0.4) is 0 Å². The summed E-state index contributed by atoms with van der Waals surface area (Å²) in [6.45, 7) is 5.90. The normalized spacial score (nSPS) is 10.7. The van der Waals surface area contributed by atoms with Crippen molar-refractivity contribution in [3.05, 3.63) is 46.5 Å². The van der Waals surface area contributed by atoms with Crippen molar-refractivity contribution in [3.8, 4) is 0 Å². The Morgan fingerprint density at radius 2 is 2.05 bits per heavy atom. The lowest BCUT2D eigenvalue weighted by atomic mass is 10.1. The Kier molecular flexibility index (Phi) is 3.88. The fourth-order valence-corrected chi connectivity index (χ4v) is 2.16. The fraction of sp³-hybridized carbons (Fsp3) is 0.333. The molecule has 4 nitrogen and oxygen atoms in total. The molecular weight excluding hydrogens is 257 g/mol. The number of nitrogens with zero attached hydrogens (tertiary/aromatic N) is 2. The largest absolute Gasteiger partial charge is 0.381 e. The number of hydrogen-bond acceptors (Lipinski definition) is 3. The molecule has 1 aromatic carbocycles. The summed E-state index contributed by atoms with van der Waals surface area (Å²) in [7, 11) is 1.89. The van der Waals surface area contributed by atoms with Crippen LogP contribution in [0.15, 0.2) is 18.2 Å². The summed E-state index contributed by atoms with van der Waals surface area (Å²) in [5.41, 5.74) is 4.06. The van der Waals surface area contributed by atoms with Crippen molar-refractivity contribution in [2.24, 2.45) is 7.05 Å². The first-order valence-electron chi connectivity index (χ1n) is 6.43. The Morgan fingerprint density at radius 1 is 1.35 bits per heavy atom. The Balaban J connectivity index is 2.21. The van der Waals surface area contributed by atoms with Gasteiger partial charge in [0.05, 0.1) is 5.69 Å². The van der Waals surface area contributed by atoms with Gasteiger partial charge in [0, 0.05) is 36.1 Å². The number of ketones is 1. The zero-order chi connectivity index (χ0) is 14.9. The predicted octanol–water partition coefficient (Wildman–Crippen LogP) is 2.99. The van der Waals surface area contributed by atoms with Crippen LogP contribution < -0.4 is 5.32 Å². The molecule has 1 aromatic heterocycles. The van der Waals surface area contributed by atoms with Crippen molar-refractivity contribution in [2.45, 2.75) is 27.3 Å². The van der Waals surface area contributed by atoms with E-state index in [4.69, 9.17) is 0 Å². The Hall–Kier alpha value is -2.17. The Bertz CT molecular complexity index is 661. The van der Waals surface area contributed by atoms with E-state index < -0.39 is 5.82 Å². The van der Waals surface area contributed by atoms with E-state index >= 15 is 0 Å². The summed E-state index contributed by atoms with van der Waals surface area (Å²) in [4.78, 5) is 11.3. The lowest BCUT2D eigenvalue weighted by molar-refractivity contribution is 0.101. The molecule has 0 saturated heterocycles. The maximum absolute atomic E-state index is 13.5. The van der Waals surface area contributed by atoms with Gasteiger partial charge in [-0.15, -0.1) is 0 Å². The number of benzene rings is 1. The Morgan fingerprint density at radius 3 is 2.60 bits per heavy atom. The number of carbonyl (C=O) groups excluding carboxylic acids is 1. The molecule has 0 fully saturated rings. The van der Waals surface area contributed by atoms with Crippen LogP contribution in [0.4, 0.5) is 10.1 Å². The monoisotopic (exact) mass is 275 g/mol. The van der Waals surface area contributed by atoms with Crippen LogP contribution in [0, 0.1) is 19.7 Å². The number of hydrogen-bond donors (Lipinski definition) is 1. The summed E-state index contributed by atoms with van der Waals surface area (Å²) in [6.07, 6.45) is 0. The van der Waals surface area contributed by atoms with Crippen LogP contribution in [0.2, 0.25) is 0 Å². The number of Topliss-reactive ketones (excluding diaryl/α,β-unsaturated/α-hetero) is 1. The molecule has 0 radical (unpaired) electrons. The van der Waals surface area contributed by atoms with Gasteiger partial charge in [0.2, 0.25) is 0 Å². The number of halogens is 1. The molecule has 5 heteroatoms. The number of anilines is 1. The third-order valence-electron chi connectivity index (χ3n) is 3.43. The molecule has 106 valence electrons. The van der Waals surface area contributed by atoms with Gasteiger partial charge in [0.15, 0.2) is 5.78 Å². The maximum atomic E-state index is 13.5. The highest BCUT2D eigenvalue weighted by Gasteiger charge is 2.10. The number of carbonyl (C=O) groups is 1. The van der Waals surface area contributed by atoms with Gasteiger partial charge in [-0.3, -0.25) is 9.48 Å². The van der Waals surface area contributed by atoms with E-state index in [-0.39, 0.29) is 5.78 Å². The van der Waals surface area contributed by atoms with Gasteiger partial charge in [0.1, 0.15) is 5.82 Å². The standard InChI is InChI=1S/C15H18FN3O/c1-9-15(10(2)19(4)18-9)8-17-14-6-12(11(3)20)5-13(16)7-14/h5-7,17H,8H2,1-4H3. The minimum atomic E-state index is -0.417. The van der Waals surface area contributed by atoms with Gasteiger partial charge < -0.3 is 5.32 Å². The zero-order valence-electron chi connectivity index (χ0n) is 12.1. The highest BCUT2D eigenvalue weighted by molar-refractivity contribution is 5.94. The number of aryl methyl sites for hydroxylation is 2. The third-order valence-corrected chi connectivity index (χ3v) is 3.43. The third kappa shape index (κ3) is 2.87. The van der Waals surface area contributed by atoms with E-state index in [0.29, 0.717) is 17.8 Å². The van der Waals surface area contributed by atoms with E-state index in [2.05, 4.69) is 10.4 Å². The van der Waals surface area contributed by atoms with Gasteiger partial charge in [-0.1, -0.05) is 0 Å². The molecule has 0 bridgehead atoms. The van der Waals surface area contributed by atoms with Crippen molar-refractivity contribution in [1.82, 2.24) is 9.78 Å². The van der Waals surface area contributed by atoms with Crippen molar-refractivity contribution in [1.29, 1.82) is 0 Å². The number of rotatable bonds is 4. The van der Waals surface area contributed by atoms with Crippen LogP contribution in [0.5, 0.6) is 0 Å².